The molecule has 0 radical (unpaired) electrons. The highest BCUT2D eigenvalue weighted by atomic mass is 35.5. The van der Waals surface area contributed by atoms with Gasteiger partial charge in [0.15, 0.2) is 57.5 Å². The number of aldehydes is 1. The van der Waals surface area contributed by atoms with Crippen molar-refractivity contribution in [3.05, 3.63) is 228 Å². The van der Waals surface area contributed by atoms with Crippen molar-refractivity contribution in [3.8, 4) is 86.8 Å². The van der Waals surface area contributed by atoms with E-state index in [9.17, 15) is 73.5 Å². The normalized spacial score (nSPS) is 14.1. The number of alkyl halides is 10. The Bertz CT molecular complexity index is 5320. The van der Waals surface area contributed by atoms with Gasteiger partial charge in [0.1, 0.15) is 33.4 Å². The van der Waals surface area contributed by atoms with Crippen molar-refractivity contribution in [2.24, 2.45) is 5.73 Å². The predicted molar refractivity (Wildman–Crippen MR) is 405 cm³/mol. The zero-order valence-electron chi connectivity index (χ0n) is 61.2. The summed E-state index contributed by atoms with van der Waals surface area (Å²) < 4.78 is 185. The molecule has 0 spiro atoms. The summed E-state index contributed by atoms with van der Waals surface area (Å²) in [5.74, 6) is -1.38. The molecule has 8 heterocycles. The number of carbonyl (C=O) groups excluding carboxylic acids is 1. The van der Waals surface area contributed by atoms with E-state index in [1.54, 1.807) is 42.5 Å². The first-order valence-corrected chi connectivity index (χ1v) is 34.6. The second-order valence-electron chi connectivity index (χ2n) is 23.6. The standard InChI is InChI=1S/C21H17F2N3O5.C14H12ClF2N3O3.C9H5F2NO4.C9H9F2NO2.C8H4F2O3.C7H7BO4.C5H4Cl2N2O.ClH/c1-29-20-25-15(13-3-2-4-14(10-13)19(27)28)11-18(26-20)24-8-7-12-5-6-16-17(9-12)31-21(22,23)30-16;1-21-13-19-11(15)7-12(20-13)18-5-4-8-2-3-9-10(6-8)23-14(16,17)22-9;10-9(11)15-7-2-1-6(3-4-12(13)14)5-8(7)16-9;10-9(11)13-7-2-1-6(3-4-12)5-8(7)14-9;9-8(10)12-6-2-1-5(4-11)3-7(6)13-8;9-7(10)5-2-1-3-6(4-5)8(11)12;1-10-5-8-3(6)2-4(7)9-5;/h2-6,9-11H,7-8H2,1H3,(H,27,28)(H,24,25,26);2-3,6-7H,4-5H2,1H3,(H,18,19,20);1-5H;1-2,5H,3-4,12H2;1-4H;1-4,11-12H,(H,9,10);2H,1H3;1H/b;;4-3+;;;;;. The highest BCUT2D eigenvalue weighted by molar-refractivity contribution is 6.58. The minimum atomic E-state index is -3.67. The number of ether oxygens (including phenoxy) is 13. The van der Waals surface area contributed by atoms with Crippen LogP contribution in [-0.4, -0.2) is 153 Å². The van der Waals surface area contributed by atoms with Crippen LogP contribution in [0.4, 0.5) is 55.5 Å². The van der Waals surface area contributed by atoms with Gasteiger partial charge in [0, 0.05) is 48.5 Å². The lowest BCUT2D eigenvalue weighted by Crippen LogP contribution is -2.30. The van der Waals surface area contributed by atoms with Gasteiger partial charge < -0.3 is 98.2 Å². The summed E-state index contributed by atoms with van der Waals surface area (Å²) in [7, 11) is 2.70. The van der Waals surface area contributed by atoms with Crippen LogP contribution in [0.15, 0.2) is 164 Å². The van der Waals surface area contributed by atoms with Gasteiger partial charge in [-0.25, -0.2) is 9.59 Å². The fourth-order valence-corrected chi connectivity index (χ4v) is 10.6. The molecule has 0 saturated carbocycles. The second-order valence-corrected chi connectivity index (χ2v) is 24.7. The quantitative estimate of drug-likeness (QED) is 0.00930. The van der Waals surface area contributed by atoms with Crippen LogP contribution in [0.3, 0.4) is 0 Å². The fraction of sp³-hybridized carbons (Fsp3) is 0.192. The number of aromatic nitrogens is 6. The number of hydrogen-bond donors (Lipinski definition) is 7. The Morgan fingerprint density at radius 2 is 0.833 bits per heavy atom. The number of carboxylic acids is 2. The molecule has 10 aromatic rings. The molecule has 47 heteroatoms. The molecular formula is C73H59BCl4F10N10O22. The molecular weight excluding hydrogens is 1710 g/mol. The van der Waals surface area contributed by atoms with Crippen molar-refractivity contribution in [1.82, 2.24) is 29.9 Å². The Morgan fingerprint density at radius 3 is 1.24 bits per heavy atom. The average molecular weight is 1770 g/mol. The highest BCUT2D eigenvalue weighted by Crippen LogP contribution is 2.46. The molecule has 634 valence electrons. The number of carboxylic acid groups (broad SMARTS) is 2. The number of fused-ring (bicyclic) bond motifs is 5. The van der Waals surface area contributed by atoms with Gasteiger partial charge >= 0.3 is 68.6 Å². The van der Waals surface area contributed by atoms with Gasteiger partial charge in [-0.1, -0.05) is 83.3 Å². The smallest absolute Gasteiger partial charge is 0.478 e. The Morgan fingerprint density at radius 1 is 0.475 bits per heavy atom. The van der Waals surface area contributed by atoms with Crippen LogP contribution in [0.25, 0.3) is 17.3 Å². The molecule has 32 nitrogen and oxygen atoms in total. The number of aromatic carboxylic acids is 2. The first kappa shape index (κ1) is 92.4. The topological polar surface area (TPSA) is 423 Å². The van der Waals surface area contributed by atoms with Crippen LogP contribution >= 0.6 is 47.2 Å². The molecule has 0 bridgehead atoms. The number of nitrogens with one attached hydrogen (secondary N) is 2. The molecule has 7 aromatic carbocycles. The Kier molecular flexibility index (Phi) is 31.5. The molecule has 0 unspecified atom stereocenters. The maximum Gasteiger partial charge on any atom is 0.586 e. The summed E-state index contributed by atoms with van der Waals surface area (Å²) in [4.78, 5) is 65.2. The predicted octanol–water partition coefficient (Wildman–Crippen LogP) is 13.8. The third-order valence-electron chi connectivity index (χ3n) is 15.1. The zero-order valence-corrected chi connectivity index (χ0v) is 64.3. The van der Waals surface area contributed by atoms with E-state index in [0.717, 1.165) is 16.7 Å². The van der Waals surface area contributed by atoms with Crippen molar-refractivity contribution >= 4 is 95.7 Å². The van der Waals surface area contributed by atoms with Gasteiger partial charge in [0.05, 0.1) is 43.1 Å². The van der Waals surface area contributed by atoms with Crippen molar-refractivity contribution in [2.45, 2.75) is 50.7 Å². The van der Waals surface area contributed by atoms with E-state index in [2.05, 4.69) is 92.6 Å². The summed E-state index contributed by atoms with van der Waals surface area (Å²) in [5.41, 5.74) is 9.85. The number of nitrogens with zero attached hydrogens (tertiary/aromatic N) is 7. The molecule has 0 fully saturated rings. The van der Waals surface area contributed by atoms with Crippen LogP contribution in [0.2, 0.25) is 15.5 Å². The van der Waals surface area contributed by atoms with E-state index >= 15 is 0 Å². The zero-order chi connectivity index (χ0) is 86.6. The van der Waals surface area contributed by atoms with Crippen LogP contribution in [-0.2, 0) is 19.3 Å². The molecule has 0 saturated heterocycles. The third kappa shape index (κ3) is 27.8. The average Bonchev–Trinajstić information content (AvgIpc) is 1.64. The number of carbonyl (C=O) groups is 3. The molecule has 15 rings (SSSR count). The fourth-order valence-electron chi connectivity index (χ4n) is 9.98. The van der Waals surface area contributed by atoms with E-state index in [0.29, 0.717) is 79.8 Å². The van der Waals surface area contributed by atoms with Gasteiger partial charge in [0.25, 0.3) is 0 Å². The molecule has 120 heavy (non-hydrogen) atoms. The molecule has 0 amide bonds. The maximum absolute atomic E-state index is 13.1. The van der Waals surface area contributed by atoms with E-state index in [1.807, 2.05) is 0 Å². The molecule has 8 N–H and O–H groups in total. The molecule has 5 aliphatic rings. The Balaban J connectivity index is 0.000000180. The number of anilines is 2. The van der Waals surface area contributed by atoms with E-state index in [1.165, 1.54) is 143 Å². The molecule has 0 aliphatic carbocycles. The number of halogens is 14. The number of methoxy groups -OCH3 is 3. The van der Waals surface area contributed by atoms with Gasteiger partial charge in [-0.2, -0.15) is 29.9 Å². The van der Waals surface area contributed by atoms with Crippen LogP contribution in [0.1, 0.15) is 53.3 Å². The highest BCUT2D eigenvalue weighted by Gasteiger charge is 2.47. The van der Waals surface area contributed by atoms with Crippen LogP contribution in [0.5, 0.6) is 75.5 Å². The van der Waals surface area contributed by atoms with Gasteiger partial charge in [0.2, 0.25) is 6.20 Å². The van der Waals surface area contributed by atoms with E-state index < -0.39 is 55.5 Å². The van der Waals surface area contributed by atoms with Gasteiger partial charge in [-0.3, -0.25) is 14.9 Å². The summed E-state index contributed by atoms with van der Waals surface area (Å²) in [6.07, 6.45) is -14.0. The lowest BCUT2D eigenvalue weighted by Gasteiger charge is -2.10. The number of hydrogen-bond acceptors (Lipinski definition) is 29. The lowest BCUT2D eigenvalue weighted by molar-refractivity contribution is -0.400. The van der Waals surface area contributed by atoms with E-state index in [-0.39, 0.29) is 126 Å². The number of nitro groups is 1. The number of nitrogens with two attached hydrogens (primary N) is 1. The first-order chi connectivity index (χ1) is 56.3. The van der Waals surface area contributed by atoms with Crippen LogP contribution in [0, 0.1) is 10.1 Å². The van der Waals surface area contributed by atoms with Gasteiger partial charge in [-0.15, -0.1) is 56.3 Å². The summed E-state index contributed by atoms with van der Waals surface area (Å²) in [6.45, 7) is 1.41. The van der Waals surface area contributed by atoms with Gasteiger partial charge in [-0.05, 0) is 145 Å². The lowest BCUT2D eigenvalue weighted by atomic mass is 9.80. The van der Waals surface area contributed by atoms with Crippen molar-refractivity contribution in [3.63, 3.8) is 0 Å². The van der Waals surface area contributed by atoms with Crippen molar-refractivity contribution in [2.75, 3.05) is 51.6 Å². The summed E-state index contributed by atoms with van der Waals surface area (Å²) >= 11 is 16.9. The van der Waals surface area contributed by atoms with E-state index in [4.69, 9.17) is 65.2 Å². The number of benzene rings is 7. The number of rotatable bonds is 20. The Labute approximate surface area is 690 Å². The van der Waals surface area contributed by atoms with Crippen molar-refractivity contribution in [1.29, 1.82) is 0 Å². The molecule has 0 atom stereocenters. The van der Waals surface area contributed by atoms with Crippen LogP contribution < -0.4 is 83.4 Å². The molecule has 5 aliphatic heterocycles. The maximum atomic E-state index is 13.1. The van der Waals surface area contributed by atoms with Crippen molar-refractivity contribution < 1.29 is 145 Å². The summed E-state index contributed by atoms with van der Waals surface area (Å²) in [6, 6.07) is 38.7. The first-order valence-electron chi connectivity index (χ1n) is 33.5. The summed E-state index contributed by atoms with van der Waals surface area (Å²) in [5, 5.41) is 52.2. The SMILES string of the molecule is COc1nc(Cl)cc(Cl)n1.COc1nc(Cl)cc(NCCc2ccc3c(c2)OC(F)(F)O3)n1.COc1nc(NCCc2ccc3c(c2)OC(F)(F)O3)cc(-c2cccc(C(=O)O)c2)n1.Cl.NCCc1ccc2c(c1)OC(F)(F)O2.O=C(O)c1cccc(B(O)O)c1.O=Cc1ccc2c(c1)OC(F)(F)O2.O=[N+]([O-])/C=C/c1ccc2c(c1)OC(F)(F)O2. The third-order valence-corrected chi connectivity index (χ3v) is 15.6. The minimum absolute atomic E-state index is 0. The monoisotopic (exact) mass is 1770 g/mol. The second kappa shape index (κ2) is 40.9. The molecule has 3 aromatic heterocycles. The largest absolute Gasteiger partial charge is 0.586 e. The Hall–Kier alpha value is -13.1. The minimum Gasteiger partial charge on any atom is -0.478 e.